The first-order valence-electron chi connectivity index (χ1n) is 6.55. The Balaban J connectivity index is 2.45. The fraction of sp³-hybridized carbons (Fsp3) is 0.750. The van der Waals surface area contributed by atoms with Gasteiger partial charge in [-0.2, -0.15) is 0 Å². The highest BCUT2D eigenvalue weighted by Crippen LogP contribution is 2.13. The minimum absolute atomic E-state index is 0.123. The minimum Gasteiger partial charge on any atom is -0.481 e. The first kappa shape index (κ1) is 16.2. The van der Waals surface area contributed by atoms with E-state index in [0.29, 0.717) is 32.5 Å². The van der Waals surface area contributed by atoms with Crippen molar-refractivity contribution in [2.24, 2.45) is 0 Å². The van der Waals surface area contributed by atoms with Gasteiger partial charge in [0.25, 0.3) is 0 Å². The number of carboxylic acids is 2. The van der Waals surface area contributed by atoms with Crippen LogP contribution < -0.4 is 5.32 Å². The minimum atomic E-state index is -1.41. The molecule has 0 spiro atoms. The fourth-order valence-corrected chi connectivity index (χ4v) is 2.08. The molecular weight excluding hydrogens is 268 g/mol. The summed E-state index contributed by atoms with van der Waals surface area (Å²) in [6.07, 6.45) is 0.866. The van der Waals surface area contributed by atoms with Gasteiger partial charge in [-0.25, -0.2) is 9.59 Å². The van der Waals surface area contributed by atoms with Crippen LogP contribution in [0.3, 0.4) is 0 Å². The predicted octanol–water partition coefficient (Wildman–Crippen LogP) is 0.125. The van der Waals surface area contributed by atoms with Gasteiger partial charge >= 0.3 is 18.0 Å². The van der Waals surface area contributed by atoms with E-state index in [9.17, 15) is 14.4 Å². The molecule has 20 heavy (non-hydrogen) atoms. The lowest BCUT2D eigenvalue weighted by Gasteiger charge is -2.32. The van der Waals surface area contributed by atoms with Crippen molar-refractivity contribution in [1.82, 2.24) is 10.2 Å². The number of urea groups is 1. The van der Waals surface area contributed by atoms with Crippen molar-refractivity contribution in [2.75, 3.05) is 19.7 Å². The highest BCUT2D eigenvalue weighted by Gasteiger charge is 2.28. The third kappa shape index (κ3) is 5.04. The molecule has 8 nitrogen and oxygen atoms in total. The molecule has 1 rings (SSSR count). The summed E-state index contributed by atoms with van der Waals surface area (Å²) >= 11 is 0. The molecule has 8 heteroatoms. The van der Waals surface area contributed by atoms with Crippen LogP contribution in [0.5, 0.6) is 0 Å². The molecule has 1 aliphatic rings. The number of nitrogens with zero attached hydrogens (tertiary/aromatic N) is 1. The number of aliphatic carboxylic acids is 2. The summed E-state index contributed by atoms with van der Waals surface area (Å²) in [7, 11) is 0. The van der Waals surface area contributed by atoms with Crippen molar-refractivity contribution >= 4 is 18.0 Å². The second-order valence-electron chi connectivity index (χ2n) is 4.58. The van der Waals surface area contributed by atoms with Crippen LogP contribution >= 0.6 is 0 Å². The van der Waals surface area contributed by atoms with Crippen molar-refractivity contribution < 1.29 is 29.3 Å². The third-order valence-corrected chi connectivity index (χ3v) is 3.11. The molecule has 1 fully saturated rings. The number of hydrogen-bond acceptors (Lipinski definition) is 4. The van der Waals surface area contributed by atoms with Gasteiger partial charge < -0.3 is 25.2 Å². The maximum atomic E-state index is 11.9. The van der Waals surface area contributed by atoms with Crippen LogP contribution in [0.1, 0.15) is 26.2 Å². The topological polar surface area (TPSA) is 116 Å². The van der Waals surface area contributed by atoms with E-state index in [1.807, 2.05) is 6.92 Å². The first-order chi connectivity index (χ1) is 9.43. The highest BCUT2D eigenvalue weighted by molar-refractivity contribution is 5.86. The Morgan fingerprint density at radius 1 is 1.30 bits per heavy atom. The summed E-state index contributed by atoms with van der Waals surface area (Å²) in [6.45, 7) is 3.46. The fourth-order valence-electron chi connectivity index (χ4n) is 2.08. The van der Waals surface area contributed by atoms with Gasteiger partial charge in [-0.05, 0) is 19.8 Å². The average molecular weight is 288 g/mol. The monoisotopic (exact) mass is 288 g/mol. The lowest BCUT2D eigenvalue weighted by atomic mass is 10.1. The molecule has 0 radical (unpaired) electrons. The van der Waals surface area contributed by atoms with E-state index in [2.05, 4.69) is 5.32 Å². The van der Waals surface area contributed by atoms with Crippen LogP contribution in [0, 0.1) is 0 Å². The molecule has 0 unspecified atom stereocenters. The summed E-state index contributed by atoms with van der Waals surface area (Å²) < 4.78 is 5.45. The van der Waals surface area contributed by atoms with Crippen molar-refractivity contribution in [1.29, 1.82) is 0 Å². The van der Waals surface area contributed by atoms with Crippen molar-refractivity contribution in [3.8, 4) is 0 Å². The Morgan fingerprint density at radius 2 is 1.90 bits per heavy atom. The summed E-state index contributed by atoms with van der Waals surface area (Å²) in [5.74, 6) is -2.63. The summed E-state index contributed by atoms with van der Waals surface area (Å²) in [5, 5.41) is 19.7. The number of carbonyl (C=O) groups excluding carboxylic acids is 1. The van der Waals surface area contributed by atoms with Gasteiger partial charge in [0, 0.05) is 19.7 Å². The molecule has 2 amide bonds. The van der Waals surface area contributed by atoms with Crippen LogP contribution in [0.2, 0.25) is 0 Å². The second-order valence-corrected chi connectivity index (χ2v) is 4.58. The molecule has 0 aliphatic carbocycles. The Hall–Kier alpha value is -1.83. The van der Waals surface area contributed by atoms with E-state index < -0.39 is 30.4 Å². The molecule has 0 bridgehead atoms. The van der Waals surface area contributed by atoms with Gasteiger partial charge in [0.15, 0.2) is 0 Å². The van der Waals surface area contributed by atoms with E-state index >= 15 is 0 Å². The number of nitrogens with one attached hydrogen (secondary N) is 1. The summed E-state index contributed by atoms with van der Waals surface area (Å²) in [4.78, 5) is 34.8. The standard InChI is InChI=1S/C12H20N2O6/c1-2-20-8-3-5-14(6-4-8)12(19)13-9(11(17)18)7-10(15)16/h8-9H,2-7H2,1H3,(H,13,19)(H,15,16)(H,17,18)/t9-/m0/s1. The quantitative estimate of drug-likeness (QED) is 0.639. The number of amides is 2. The zero-order chi connectivity index (χ0) is 15.1. The number of ether oxygens (including phenoxy) is 1. The molecule has 0 aromatic rings. The molecule has 3 N–H and O–H groups in total. The number of carbonyl (C=O) groups is 3. The summed E-state index contributed by atoms with van der Waals surface area (Å²) in [5.41, 5.74) is 0. The van der Waals surface area contributed by atoms with Gasteiger partial charge in [-0.3, -0.25) is 4.79 Å². The van der Waals surface area contributed by atoms with E-state index in [-0.39, 0.29) is 6.10 Å². The Kier molecular flexibility index (Phi) is 6.23. The van der Waals surface area contributed by atoms with Crippen molar-refractivity contribution in [3.05, 3.63) is 0 Å². The van der Waals surface area contributed by atoms with Gasteiger partial charge in [0.05, 0.1) is 12.5 Å². The third-order valence-electron chi connectivity index (χ3n) is 3.11. The zero-order valence-electron chi connectivity index (χ0n) is 11.4. The molecule has 0 saturated carbocycles. The number of rotatable bonds is 6. The SMILES string of the molecule is CCOC1CCN(C(=O)N[C@@H](CC(=O)O)C(=O)O)CC1. The van der Waals surface area contributed by atoms with Gasteiger partial charge in [-0.15, -0.1) is 0 Å². The largest absolute Gasteiger partial charge is 0.481 e. The Morgan fingerprint density at radius 3 is 2.35 bits per heavy atom. The van der Waals surface area contributed by atoms with Crippen molar-refractivity contribution in [2.45, 2.75) is 38.3 Å². The smallest absolute Gasteiger partial charge is 0.326 e. The van der Waals surface area contributed by atoms with Crippen molar-refractivity contribution in [3.63, 3.8) is 0 Å². The number of piperidine rings is 1. The molecule has 1 saturated heterocycles. The van der Waals surface area contributed by atoms with E-state index in [1.54, 1.807) is 0 Å². The molecule has 1 heterocycles. The van der Waals surface area contributed by atoms with E-state index in [1.165, 1.54) is 4.90 Å². The van der Waals surface area contributed by atoms with Gasteiger partial charge in [0.1, 0.15) is 6.04 Å². The Bertz CT molecular complexity index is 365. The van der Waals surface area contributed by atoms with Crippen LogP contribution in [0.4, 0.5) is 4.79 Å². The lowest BCUT2D eigenvalue weighted by molar-refractivity contribution is -0.145. The molecule has 0 aromatic carbocycles. The molecule has 1 atom stereocenters. The molecular formula is C12H20N2O6. The normalized spacial score (nSPS) is 17.6. The second kappa shape index (κ2) is 7.68. The highest BCUT2D eigenvalue weighted by atomic mass is 16.5. The molecule has 0 aromatic heterocycles. The number of carboxylic acid groups (broad SMARTS) is 2. The maximum absolute atomic E-state index is 11.9. The molecule has 1 aliphatic heterocycles. The summed E-state index contributed by atoms with van der Waals surface area (Å²) in [6, 6.07) is -1.96. The van der Waals surface area contributed by atoms with E-state index in [0.717, 1.165) is 0 Å². The van der Waals surface area contributed by atoms with Crippen LogP contribution in [0.25, 0.3) is 0 Å². The Labute approximate surface area is 116 Å². The average Bonchev–Trinajstić information content (AvgIpc) is 2.38. The lowest BCUT2D eigenvalue weighted by Crippen LogP contribution is -2.51. The number of hydrogen-bond donors (Lipinski definition) is 3. The van der Waals surface area contributed by atoms with Gasteiger partial charge in [-0.1, -0.05) is 0 Å². The van der Waals surface area contributed by atoms with Crippen LogP contribution in [-0.4, -0.2) is 64.9 Å². The molecule has 114 valence electrons. The maximum Gasteiger partial charge on any atom is 0.326 e. The van der Waals surface area contributed by atoms with Gasteiger partial charge in [0.2, 0.25) is 0 Å². The zero-order valence-corrected chi connectivity index (χ0v) is 11.4. The number of likely N-dealkylation sites (tertiary alicyclic amines) is 1. The first-order valence-corrected chi connectivity index (χ1v) is 6.55. The van der Waals surface area contributed by atoms with Crippen LogP contribution in [-0.2, 0) is 14.3 Å². The predicted molar refractivity (Wildman–Crippen MR) is 68.4 cm³/mol. The van der Waals surface area contributed by atoms with E-state index in [4.69, 9.17) is 14.9 Å². The van der Waals surface area contributed by atoms with Crippen LogP contribution in [0.15, 0.2) is 0 Å².